The lowest BCUT2D eigenvalue weighted by atomic mass is 10.2. The standard InChI is InChI=1S/C17H13ClN4O4S/c18-13-4-3-11(22(25)26)10-12(13)17(24)19-7-8-21-16(23)6-5-14(20-21)15-2-1-9-27-15/h1-6,9-10H,7-8H2,(H,19,24). The second-order valence-corrected chi connectivity index (χ2v) is 6.79. The molecule has 0 bridgehead atoms. The van der Waals surface area contributed by atoms with E-state index in [9.17, 15) is 19.7 Å². The molecule has 10 heteroatoms. The van der Waals surface area contributed by atoms with Crippen LogP contribution < -0.4 is 10.9 Å². The zero-order valence-corrected chi connectivity index (χ0v) is 15.4. The van der Waals surface area contributed by atoms with Crippen molar-refractivity contribution in [2.45, 2.75) is 6.54 Å². The summed E-state index contributed by atoms with van der Waals surface area (Å²) in [6, 6.07) is 10.5. The van der Waals surface area contributed by atoms with Crippen LogP contribution in [0.3, 0.4) is 0 Å². The van der Waals surface area contributed by atoms with Crippen LogP contribution in [0, 0.1) is 10.1 Å². The molecule has 2 heterocycles. The maximum Gasteiger partial charge on any atom is 0.270 e. The van der Waals surface area contributed by atoms with Crippen LogP contribution in [-0.2, 0) is 6.54 Å². The molecule has 0 aliphatic heterocycles. The van der Waals surface area contributed by atoms with Crippen LogP contribution in [0.1, 0.15) is 10.4 Å². The number of hydrogen-bond acceptors (Lipinski definition) is 6. The van der Waals surface area contributed by atoms with Crippen molar-refractivity contribution in [2.24, 2.45) is 0 Å². The molecular formula is C17H13ClN4O4S. The fourth-order valence-corrected chi connectivity index (χ4v) is 3.23. The molecular weight excluding hydrogens is 392 g/mol. The Morgan fingerprint density at radius 1 is 1.30 bits per heavy atom. The molecule has 8 nitrogen and oxygen atoms in total. The van der Waals surface area contributed by atoms with E-state index in [2.05, 4.69) is 10.4 Å². The number of nitrogens with zero attached hydrogens (tertiary/aromatic N) is 3. The van der Waals surface area contributed by atoms with Gasteiger partial charge in [0, 0.05) is 24.7 Å². The number of nitro benzene ring substituents is 1. The SMILES string of the molecule is O=C(NCCn1nc(-c2cccs2)ccc1=O)c1cc([N+](=O)[O-])ccc1Cl. The second kappa shape index (κ2) is 8.11. The van der Waals surface area contributed by atoms with Gasteiger partial charge in [-0.2, -0.15) is 5.10 Å². The summed E-state index contributed by atoms with van der Waals surface area (Å²) in [5, 5.41) is 19.7. The van der Waals surface area contributed by atoms with Crippen molar-refractivity contribution >= 4 is 34.5 Å². The van der Waals surface area contributed by atoms with Crippen LogP contribution in [0.25, 0.3) is 10.6 Å². The van der Waals surface area contributed by atoms with Crippen LogP contribution in [0.5, 0.6) is 0 Å². The number of aromatic nitrogens is 2. The Morgan fingerprint density at radius 2 is 2.11 bits per heavy atom. The minimum absolute atomic E-state index is 0.00138. The summed E-state index contributed by atoms with van der Waals surface area (Å²) in [7, 11) is 0. The summed E-state index contributed by atoms with van der Waals surface area (Å²) in [6.07, 6.45) is 0. The average molecular weight is 405 g/mol. The molecule has 0 aliphatic rings. The molecule has 0 radical (unpaired) electrons. The Labute approximate surface area is 162 Å². The minimum Gasteiger partial charge on any atom is -0.350 e. The molecule has 0 saturated carbocycles. The van der Waals surface area contributed by atoms with Gasteiger partial charge in [0.25, 0.3) is 17.2 Å². The number of hydrogen-bond donors (Lipinski definition) is 1. The molecule has 138 valence electrons. The highest BCUT2D eigenvalue weighted by Gasteiger charge is 2.15. The molecule has 1 aromatic carbocycles. The summed E-state index contributed by atoms with van der Waals surface area (Å²) in [6.45, 7) is 0.259. The topological polar surface area (TPSA) is 107 Å². The van der Waals surface area contributed by atoms with Crippen LogP contribution >= 0.6 is 22.9 Å². The van der Waals surface area contributed by atoms with E-state index in [0.29, 0.717) is 5.69 Å². The van der Waals surface area contributed by atoms with Gasteiger partial charge in [0.15, 0.2) is 0 Å². The summed E-state index contributed by atoms with van der Waals surface area (Å²) in [5.41, 5.74) is 0.139. The highest BCUT2D eigenvalue weighted by molar-refractivity contribution is 7.13. The number of nitrogens with one attached hydrogen (secondary N) is 1. The predicted molar refractivity (Wildman–Crippen MR) is 102 cm³/mol. The smallest absolute Gasteiger partial charge is 0.270 e. The van der Waals surface area contributed by atoms with Crippen LogP contribution in [0.15, 0.2) is 52.6 Å². The van der Waals surface area contributed by atoms with E-state index in [4.69, 9.17) is 11.6 Å². The molecule has 0 saturated heterocycles. The van der Waals surface area contributed by atoms with Gasteiger partial charge in [0.1, 0.15) is 5.69 Å². The van der Waals surface area contributed by atoms with E-state index in [1.807, 2.05) is 17.5 Å². The first-order valence-electron chi connectivity index (χ1n) is 7.80. The fourth-order valence-electron chi connectivity index (χ4n) is 2.34. The van der Waals surface area contributed by atoms with Crippen LogP contribution in [-0.4, -0.2) is 27.2 Å². The van der Waals surface area contributed by atoms with E-state index in [1.54, 1.807) is 6.07 Å². The Hall–Kier alpha value is -3.04. The first-order valence-corrected chi connectivity index (χ1v) is 9.05. The number of nitro groups is 1. The van der Waals surface area contributed by atoms with Gasteiger partial charge in [-0.1, -0.05) is 17.7 Å². The van der Waals surface area contributed by atoms with Crippen molar-refractivity contribution in [3.8, 4) is 10.6 Å². The zero-order chi connectivity index (χ0) is 19.4. The first-order chi connectivity index (χ1) is 13.0. The van der Waals surface area contributed by atoms with E-state index >= 15 is 0 Å². The number of rotatable bonds is 6. The molecule has 3 rings (SSSR count). The molecule has 3 aromatic rings. The number of carbonyl (C=O) groups excluding carboxylic acids is 1. The summed E-state index contributed by atoms with van der Waals surface area (Å²) in [5.74, 6) is -0.564. The van der Waals surface area contributed by atoms with Gasteiger partial charge in [-0.25, -0.2) is 4.68 Å². The van der Waals surface area contributed by atoms with Crippen molar-refractivity contribution < 1.29 is 9.72 Å². The predicted octanol–water partition coefficient (Wildman–Crippen LogP) is 2.96. The van der Waals surface area contributed by atoms with Gasteiger partial charge < -0.3 is 5.32 Å². The monoisotopic (exact) mass is 404 g/mol. The largest absolute Gasteiger partial charge is 0.350 e. The Kier molecular flexibility index (Phi) is 5.63. The normalized spacial score (nSPS) is 10.6. The zero-order valence-electron chi connectivity index (χ0n) is 13.8. The second-order valence-electron chi connectivity index (χ2n) is 5.43. The highest BCUT2D eigenvalue weighted by Crippen LogP contribution is 2.22. The van der Waals surface area contributed by atoms with Crippen LogP contribution in [0.2, 0.25) is 5.02 Å². The van der Waals surface area contributed by atoms with Gasteiger partial charge in [0.2, 0.25) is 0 Å². The van der Waals surface area contributed by atoms with Crippen molar-refractivity contribution in [1.82, 2.24) is 15.1 Å². The molecule has 0 fully saturated rings. The molecule has 0 unspecified atom stereocenters. The van der Waals surface area contributed by atoms with E-state index in [0.717, 1.165) is 10.9 Å². The number of carbonyl (C=O) groups is 1. The summed E-state index contributed by atoms with van der Waals surface area (Å²) < 4.78 is 1.25. The molecule has 27 heavy (non-hydrogen) atoms. The Balaban J connectivity index is 1.69. The van der Waals surface area contributed by atoms with Crippen molar-refractivity contribution in [1.29, 1.82) is 0 Å². The molecule has 0 spiro atoms. The quantitative estimate of drug-likeness (QED) is 0.502. The average Bonchev–Trinajstić information content (AvgIpc) is 3.18. The van der Waals surface area contributed by atoms with E-state index in [1.165, 1.54) is 34.2 Å². The number of halogens is 1. The molecule has 1 amide bonds. The Bertz CT molecular complexity index is 1050. The van der Waals surface area contributed by atoms with Crippen molar-refractivity contribution in [2.75, 3.05) is 6.54 Å². The van der Waals surface area contributed by atoms with Gasteiger partial charge >= 0.3 is 0 Å². The molecule has 1 N–H and O–H groups in total. The molecule has 0 aliphatic carbocycles. The maximum atomic E-state index is 12.2. The van der Waals surface area contributed by atoms with Gasteiger partial charge in [-0.15, -0.1) is 11.3 Å². The fraction of sp³-hybridized carbons (Fsp3) is 0.118. The van der Waals surface area contributed by atoms with E-state index in [-0.39, 0.29) is 34.9 Å². The lowest BCUT2D eigenvalue weighted by Gasteiger charge is -2.09. The third-order valence-electron chi connectivity index (χ3n) is 3.65. The third-order valence-corrected chi connectivity index (χ3v) is 4.88. The Morgan fingerprint density at radius 3 is 2.81 bits per heavy atom. The lowest BCUT2D eigenvalue weighted by molar-refractivity contribution is -0.384. The third kappa shape index (κ3) is 4.39. The molecule has 0 atom stereocenters. The van der Waals surface area contributed by atoms with Crippen molar-refractivity contribution in [3.63, 3.8) is 0 Å². The van der Waals surface area contributed by atoms with Crippen LogP contribution in [0.4, 0.5) is 5.69 Å². The van der Waals surface area contributed by atoms with Gasteiger partial charge in [-0.05, 0) is 23.6 Å². The number of benzene rings is 1. The number of non-ortho nitro benzene ring substituents is 1. The van der Waals surface area contributed by atoms with Crippen molar-refractivity contribution in [3.05, 3.63) is 78.9 Å². The van der Waals surface area contributed by atoms with Gasteiger partial charge in [0.05, 0.1) is 26.9 Å². The summed E-state index contributed by atoms with van der Waals surface area (Å²) >= 11 is 7.45. The number of thiophene rings is 1. The highest BCUT2D eigenvalue weighted by atomic mass is 35.5. The summed E-state index contributed by atoms with van der Waals surface area (Å²) in [4.78, 5) is 35.4. The maximum absolute atomic E-state index is 12.2. The van der Waals surface area contributed by atoms with Gasteiger partial charge in [-0.3, -0.25) is 19.7 Å². The molecule has 2 aromatic heterocycles. The first kappa shape index (κ1) is 18.7. The minimum atomic E-state index is -0.605. The lowest BCUT2D eigenvalue weighted by Crippen LogP contribution is -2.32. The number of amides is 1. The van der Waals surface area contributed by atoms with E-state index < -0.39 is 10.8 Å².